The Morgan fingerprint density at radius 2 is 0.844 bits per heavy atom. The molecule has 6 aromatic carbocycles. The van der Waals surface area contributed by atoms with E-state index >= 15 is 0 Å². The molecule has 0 unspecified atom stereocenters. The molecule has 220 valence electrons. The van der Waals surface area contributed by atoms with Crippen molar-refractivity contribution >= 4 is 45.4 Å². The number of hydrogen-bond acceptors (Lipinski definition) is 7. The van der Waals surface area contributed by atoms with Gasteiger partial charge in [-0.15, -0.1) is 0 Å². The zero-order valence-corrected chi connectivity index (χ0v) is 23.3. The normalized spacial score (nSPS) is 10.8. The van der Waals surface area contributed by atoms with Gasteiger partial charge in [0.05, 0.1) is 22.3 Å². The number of carbonyl (C=O) groups is 4. The predicted octanol–water partition coefficient (Wildman–Crippen LogP) is 7.97. The van der Waals surface area contributed by atoms with Crippen LogP contribution in [0, 0.1) is 0 Å². The molecule has 0 spiro atoms. The molecule has 0 aliphatic carbocycles. The monoisotopic (exact) mass is 598 g/mol. The summed E-state index contributed by atoms with van der Waals surface area (Å²) in [7, 11) is 0. The van der Waals surface area contributed by atoms with Crippen molar-refractivity contribution < 1.29 is 43.6 Å². The standard InChI is InChI=1S/C36H22O9/c37-33(38)21-7-5-9-23(19-21)43-31-17-15-29(25-11-1-3-13-27(25)31)35(41)45-36(42)30-16-18-32(28-14-4-2-12-26(28)30)44-24-10-6-8-22(20-24)34(39)40/h1-20H,(H,37,38)(H,39,40). The molecule has 45 heavy (non-hydrogen) atoms. The molecule has 9 heteroatoms. The number of carboxylic acid groups (broad SMARTS) is 2. The number of aromatic carboxylic acids is 2. The maximum absolute atomic E-state index is 13.3. The van der Waals surface area contributed by atoms with E-state index in [0.29, 0.717) is 44.5 Å². The second-order valence-electron chi connectivity index (χ2n) is 9.86. The first-order valence-corrected chi connectivity index (χ1v) is 13.6. The second-order valence-corrected chi connectivity index (χ2v) is 9.86. The first-order valence-electron chi connectivity index (χ1n) is 13.6. The Balaban J connectivity index is 1.27. The fourth-order valence-electron chi connectivity index (χ4n) is 4.91. The van der Waals surface area contributed by atoms with Crippen molar-refractivity contribution in [2.24, 2.45) is 0 Å². The lowest BCUT2D eigenvalue weighted by molar-refractivity contribution is 0.0399. The highest BCUT2D eigenvalue weighted by molar-refractivity contribution is 6.14. The van der Waals surface area contributed by atoms with Gasteiger partial charge in [-0.3, -0.25) is 0 Å². The van der Waals surface area contributed by atoms with Crippen molar-refractivity contribution in [1.82, 2.24) is 0 Å². The molecule has 0 fully saturated rings. The van der Waals surface area contributed by atoms with Crippen molar-refractivity contribution in [2.75, 3.05) is 0 Å². The molecule has 0 radical (unpaired) electrons. The third-order valence-electron chi connectivity index (χ3n) is 7.01. The van der Waals surface area contributed by atoms with Crippen molar-refractivity contribution in [1.29, 1.82) is 0 Å². The summed E-state index contributed by atoms with van der Waals surface area (Å²) in [5.41, 5.74) is 0.395. The zero-order valence-electron chi connectivity index (χ0n) is 23.3. The minimum absolute atomic E-state index is 0.0648. The van der Waals surface area contributed by atoms with Crippen LogP contribution in [0.5, 0.6) is 23.0 Å². The average molecular weight is 599 g/mol. The van der Waals surface area contributed by atoms with E-state index < -0.39 is 23.9 Å². The summed E-state index contributed by atoms with van der Waals surface area (Å²) in [6.07, 6.45) is 0. The molecule has 2 N–H and O–H groups in total. The summed E-state index contributed by atoms with van der Waals surface area (Å²) < 4.78 is 17.3. The van der Waals surface area contributed by atoms with Crippen LogP contribution in [0.25, 0.3) is 21.5 Å². The van der Waals surface area contributed by atoms with E-state index in [9.17, 15) is 29.4 Å². The van der Waals surface area contributed by atoms with Crippen LogP contribution in [0.4, 0.5) is 0 Å². The quantitative estimate of drug-likeness (QED) is 0.132. The molecule has 0 amide bonds. The lowest BCUT2D eigenvalue weighted by Gasteiger charge is -2.13. The van der Waals surface area contributed by atoms with Gasteiger partial charge in [-0.1, -0.05) is 60.7 Å². The number of hydrogen-bond donors (Lipinski definition) is 2. The molecule has 0 aliphatic heterocycles. The van der Waals surface area contributed by atoms with Gasteiger partial charge in [-0.2, -0.15) is 0 Å². The van der Waals surface area contributed by atoms with Crippen LogP contribution < -0.4 is 9.47 Å². The molecule has 9 nitrogen and oxygen atoms in total. The molecule has 6 aromatic rings. The molecule has 0 aliphatic rings. The zero-order chi connectivity index (χ0) is 31.5. The van der Waals surface area contributed by atoms with Crippen LogP contribution in [0.3, 0.4) is 0 Å². The Kier molecular flexibility index (Phi) is 7.65. The molecule has 0 saturated carbocycles. The van der Waals surface area contributed by atoms with E-state index in [1.165, 1.54) is 36.4 Å². The number of rotatable bonds is 8. The number of fused-ring (bicyclic) bond motifs is 2. The van der Waals surface area contributed by atoms with Gasteiger partial charge in [-0.05, 0) is 71.4 Å². The van der Waals surface area contributed by atoms with Gasteiger partial charge in [0.15, 0.2) is 0 Å². The Morgan fingerprint density at radius 3 is 1.24 bits per heavy atom. The van der Waals surface area contributed by atoms with E-state index in [0.717, 1.165) is 0 Å². The highest BCUT2D eigenvalue weighted by Gasteiger charge is 2.22. The smallest absolute Gasteiger partial charge is 0.346 e. The fraction of sp³-hybridized carbons (Fsp3) is 0. The van der Waals surface area contributed by atoms with Crippen molar-refractivity contribution in [3.05, 3.63) is 144 Å². The Labute approximate surface area is 255 Å². The van der Waals surface area contributed by atoms with Crippen molar-refractivity contribution in [2.45, 2.75) is 0 Å². The lowest BCUT2D eigenvalue weighted by atomic mass is 10.0. The minimum atomic E-state index is -1.09. The fourth-order valence-corrected chi connectivity index (χ4v) is 4.91. The molecule has 0 atom stereocenters. The van der Waals surface area contributed by atoms with E-state index in [1.54, 1.807) is 84.9 Å². The second kappa shape index (κ2) is 12.0. The molecular formula is C36H22O9. The predicted molar refractivity (Wildman–Crippen MR) is 165 cm³/mol. The average Bonchev–Trinajstić information content (AvgIpc) is 3.05. The number of carbonyl (C=O) groups excluding carboxylic acids is 2. The minimum Gasteiger partial charge on any atom is -0.478 e. The van der Waals surface area contributed by atoms with Gasteiger partial charge in [-0.25, -0.2) is 19.2 Å². The molecule has 0 heterocycles. The summed E-state index contributed by atoms with van der Waals surface area (Å²) >= 11 is 0. The summed E-state index contributed by atoms with van der Waals surface area (Å²) in [5.74, 6) is -2.55. The van der Waals surface area contributed by atoms with Gasteiger partial charge in [0.25, 0.3) is 0 Å². The van der Waals surface area contributed by atoms with E-state index in [2.05, 4.69) is 0 Å². The van der Waals surface area contributed by atoms with E-state index in [1.807, 2.05) is 0 Å². The number of carboxylic acids is 2. The van der Waals surface area contributed by atoms with Gasteiger partial charge >= 0.3 is 23.9 Å². The number of benzene rings is 6. The van der Waals surface area contributed by atoms with Crippen LogP contribution in [-0.4, -0.2) is 34.1 Å². The van der Waals surface area contributed by atoms with Crippen molar-refractivity contribution in [3.8, 4) is 23.0 Å². The summed E-state index contributed by atoms with van der Waals surface area (Å²) in [6, 6.07) is 32.0. The lowest BCUT2D eigenvalue weighted by Crippen LogP contribution is -2.14. The first-order chi connectivity index (χ1) is 21.8. The number of ether oxygens (including phenoxy) is 3. The summed E-state index contributed by atoms with van der Waals surface area (Å²) in [6.45, 7) is 0. The largest absolute Gasteiger partial charge is 0.478 e. The Bertz CT molecular complexity index is 2000. The van der Waals surface area contributed by atoms with Crippen molar-refractivity contribution in [3.63, 3.8) is 0 Å². The van der Waals surface area contributed by atoms with Gasteiger partial charge in [0.1, 0.15) is 23.0 Å². The Morgan fingerprint density at radius 1 is 0.444 bits per heavy atom. The topological polar surface area (TPSA) is 136 Å². The third-order valence-corrected chi connectivity index (χ3v) is 7.01. The molecular weight excluding hydrogens is 576 g/mol. The molecule has 0 saturated heterocycles. The first kappa shape index (κ1) is 28.6. The highest BCUT2D eigenvalue weighted by Crippen LogP contribution is 2.35. The Hall–Kier alpha value is -6.48. The van der Waals surface area contributed by atoms with Crippen LogP contribution in [0.1, 0.15) is 41.4 Å². The SMILES string of the molecule is O=C(O)c1cccc(Oc2ccc(C(=O)OC(=O)c3ccc(Oc4cccc(C(=O)O)c4)c4ccccc34)c3ccccc23)c1. The maximum atomic E-state index is 13.3. The van der Waals surface area contributed by atoms with E-state index in [-0.39, 0.29) is 22.3 Å². The van der Waals surface area contributed by atoms with E-state index in [4.69, 9.17) is 14.2 Å². The number of esters is 2. The van der Waals surface area contributed by atoms with Crippen LogP contribution in [0.15, 0.2) is 121 Å². The maximum Gasteiger partial charge on any atom is 0.346 e. The summed E-state index contributed by atoms with van der Waals surface area (Å²) in [5, 5.41) is 20.6. The van der Waals surface area contributed by atoms with Crippen LogP contribution in [0.2, 0.25) is 0 Å². The third kappa shape index (κ3) is 5.91. The highest BCUT2D eigenvalue weighted by atomic mass is 16.6. The van der Waals surface area contributed by atoms with Gasteiger partial charge < -0.3 is 24.4 Å². The molecule has 0 aromatic heterocycles. The summed E-state index contributed by atoms with van der Waals surface area (Å²) in [4.78, 5) is 49.4. The van der Waals surface area contributed by atoms with Gasteiger partial charge in [0.2, 0.25) is 0 Å². The molecule has 0 bridgehead atoms. The van der Waals surface area contributed by atoms with Crippen LogP contribution in [-0.2, 0) is 4.74 Å². The molecule has 6 rings (SSSR count). The van der Waals surface area contributed by atoms with Crippen LogP contribution >= 0.6 is 0 Å². The van der Waals surface area contributed by atoms with Gasteiger partial charge in [0, 0.05) is 10.8 Å².